The van der Waals surface area contributed by atoms with E-state index in [-0.39, 0.29) is 22.6 Å². The minimum atomic E-state index is -0.172. The lowest BCUT2D eigenvalue weighted by Crippen LogP contribution is -2.25. The Kier molecular flexibility index (Phi) is 5.72. The summed E-state index contributed by atoms with van der Waals surface area (Å²) in [5.41, 5.74) is 5.68. The van der Waals surface area contributed by atoms with Crippen LogP contribution < -0.4 is 11.3 Å². The summed E-state index contributed by atoms with van der Waals surface area (Å²) in [7, 11) is 1.61. The normalized spacial score (nSPS) is 12.5. The summed E-state index contributed by atoms with van der Waals surface area (Å²) < 4.78 is 6.83. The number of pyridine rings is 1. The van der Waals surface area contributed by atoms with Crippen LogP contribution >= 0.6 is 35.0 Å². The zero-order valence-electron chi connectivity index (χ0n) is 14.1. The highest BCUT2D eigenvalue weighted by atomic mass is 35.5. The van der Waals surface area contributed by atoms with E-state index < -0.39 is 0 Å². The number of nitrogen functional groups attached to an aromatic ring is 1. The molecule has 2 N–H and O–H groups in total. The summed E-state index contributed by atoms with van der Waals surface area (Å²) >= 11 is 13.6. The molecule has 0 aliphatic rings. The van der Waals surface area contributed by atoms with Crippen molar-refractivity contribution in [1.29, 1.82) is 0 Å². The number of methoxy groups -OCH3 is 1. The summed E-state index contributed by atoms with van der Waals surface area (Å²) in [4.78, 5) is 21.7. The van der Waals surface area contributed by atoms with Crippen LogP contribution in [-0.2, 0) is 11.3 Å². The Morgan fingerprint density at radius 2 is 2.12 bits per heavy atom. The second kappa shape index (κ2) is 7.84. The van der Waals surface area contributed by atoms with Crippen LogP contribution in [0.2, 0.25) is 10.2 Å². The Hall–Kier alpha value is -1.80. The summed E-state index contributed by atoms with van der Waals surface area (Å²) in [5, 5.41) is 2.25. The number of fused-ring (bicyclic) bond motifs is 1. The molecule has 0 fully saturated rings. The number of halogens is 2. The van der Waals surface area contributed by atoms with Crippen molar-refractivity contribution in [3.05, 3.63) is 51.1 Å². The van der Waals surface area contributed by atoms with Crippen molar-refractivity contribution < 1.29 is 4.74 Å². The van der Waals surface area contributed by atoms with E-state index in [1.165, 1.54) is 18.0 Å². The van der Waals surface area contributed by atoms with Gasteiger partial charge in [0.2, 0.25) is 0 Å². The number of ether oxygens (including phenoxy) is 1. The van der Waals surface area contributed by atoms with Gasteiger partial charge in [-0.3, -0.25) is 4.79 Å². The summed E-state index contributed by atoms with van der Waals surface area (Å²) in [6, 6.07) is 5.52. The van der Waals surface area contributed by atoms with Gasteiger partial charge in [0.25, 0.3) is 5.56 Å². The fraction of sp³-hybridized carbons (Fsp3) is 0.235. The summed E-state index contributed by atoms with van der Waals surface area (Å²) in [5.74, 6) is 0.207. The van der Waals surface area contributed by atoms with Gasteiger partial charge >= 0.3 is 0 Å². The topological polar surface area (TPSA) is 83.0 Å². The Bertz CT molecular complexity index is 1030. The van der Waals surface area contributed by atoms with Crippen molar-refractivity contribution in [1.82, 2.24) is 14.5 Å². The van der Waals surface area contributed by atoms with Gasteiger partial charge in [-0.15, -0.1) is 0 Å². The lowest BCUT2D eigenvalue weighted by molar-refractivity contribution is 0.102. The Balaban J connectivity index is 2.06. The molecule has 1 aromatic carbocycles. The Morgan fingerprint density at radius 1 is 1.35 bits per heavy atom. The van der Waals surface area contributed by atoms with E-state index in [1.54, 1.807) is 17.9 Å². The average molecular weight is 411 g/mol. The maximum absolute atomic E-state index is 12.9. The molecular weight excluding hydrogens is 395 g/mol. The van der Waals surface area contributed by atoms with E-state index in [9.17, 15) is 4.79 Å². The fourth-order valence-corrected chi connectivity index (χ4v) is 3.74. The predicted octanol–water partition coefficient (Wildman–Crippen LogP) is 3.87. The first kappa shape index (κ1) is 19.0. The lowest BCUT2D eigenvalue weighted by Gasteiger charge is -2.14. The first-order valence-corrected chi connectivity index (χ1v) is 9.28. The maximum atomic E-state index is 12.9. The van der Waals surface area contributed by atoms with Gasteiger partial charge in [0, 0.05) is 18.2 Å². The van der Waals surface area contributed by atoms with E-state index >= 15 is 0 Å². The number of hydrogen-bond acceptors (Lipinski definition) is 6. The minimum Gasteiger partial charge on any atom is -0.381 e. The molecule has 0 saturated heterocycles. The first-order chi connectivity index (χ1) is 12.4. The van der Waals surface area contributed by atoms with Gasteiger partial charge < -0.3 is 15.0 Å². The van der Waals surface area contributed by atoms with Crippen LogP contribution in [0.15, 0.2) is 45.3 Å². The molecule has 0 aliphatic heterocycles. The fourth-order valence-electron chi connectivity index (χ4n) is 2.44. The summed E-state index contributed by atoms with van der Waals surface area (Å²) in [6.45, 7) is 2.33. The summed E-state index contributed by atoms with van der Waals surface area (Å²) in [6.07, 6.45) is 3.06. The van der Waals surface area contributed by atoms with Crippen LogP contribution in [0.5, 0.6) is 0 Å². The molecule has 0 radical (unpaired) electrons. The Morgan fingerprint density at radius 3 is 2.81 bits per heavy atom. The second-order valence-electron chi connectivity index (χ2n) is 5.65. The number of nitrogens with two attached hydrogens (primary N) is 1. The maximum Gasteiger partial charge on any atom is 0.260 e. The zero-order chi connectivity index (χ0) is 18.8. The molecule has 0 bridgehead atoms. The largest absolute Gasteiger partial charge is 0.381 e. The molecule has 26 heavy (non-hydrogen) atoms. The molecular formula is C17H16Cl2N4O2S. The van der Waals surface area contributed by atoms with Gasteiger partial charge in [0.1, 0.15) is 10.2 Å². The molecule has 3 rings (SSSR count). The third-order valence-corrected chi connectivity index (χ3v) is 5.60. The number of anilines is 1. The molecule has 0 aliphatic carbocycles. The quantitative estimate of drug-likeness (QED) is 0.687. The molecule has 1 atom stereocenters. The van der Waals surface area contributed by atoms with E-state index in [0.717, 1.165) is 5.39 Å². The van der Waals surface area contributed by atoms with Gasteiger partial charge in [-0.25, -0.2) is 9.97 Å². The number of benzene rings is 1. The van der Waals surface area contributed by atoms with Crippen LogP contribution in [0, 0.1) is 0 Å². The van der Waals surface area contributed by atoms with Crippen molar-refractivity contribution in [2.24, 2.45) is 0 Å². The third kappa shape index (κ3) is 3.81. The zero-order valence-corrected chi connectivity index (χ0v) is 16.4. The van der Waals surface area contributed by atoms with Crippen LogP contribution in [0.1, 0.15) is 6.92 Å². The van der Waals surface area contributed by atoms with Crippen LogP contribution in [0.3, 0.4) is 0 Å². The molecule has 9 heteroatoms. The molecule has 6 nitrogen and oxygen atoms in total. The molecule has 0 spiro atoms. The van der Waals surface area contributed by atoms with E-state index in [2.05, 4.69) is 9.97 Å². The average Bonchev–Trinajstić information content (AvgIpc) is 2.61. The van der Waals surface area contributed by atoms with E-state index in [1.807, 2.05) is 25.1 Å². The number of hydrogen-bond donors (Lipinski definition) is 1. The van der Waals surface area contributed by atoms with Crippen LogP contribution in [0.4, 0.5) is 5.82 Å². The lowest BCUT2D eigenvalue weighted by atomic mass is 10.1. The van der Waals surface area contributed by atoms with Gasteiger partial charge in [-0.2, -0.15) is 0 Å². The number of nitrogens with zero attached hydrogens (tertiary/aromatic N) is 3. The monoisotopic (exact) mass is 410 g/mol. The van der Waals surface area contributed by atoms with E-state index in [4.69, 9.17) is 33.7 Å². The SMILES string of the molecule is COC(C)Cn1ccc2ccc(Sc3ncc(Cl)nc3N)c(Cl)c2c1=O. The molecule has 3 aromatic rings. The standard InChI is InChI=1S/C17H16Cl2N4O2S/c1-9(25-2)8-23-6-5-10-3-4-11(14(19)13(10)17(23)24)26-16-15(20)22-12(18)7-21-16/h3-7,9H,8H2,1-2H3,(H2,20,22). The van der Waals surface area contributed by atoms with Crippen molar-refractivity contribution in [3.8, 4) is 0 Å². The molecule has 0 amide bonds. The molecule has 2 heterocycles. The first-order valence-electron chi connectivity index (χ1n) is 7.71. The molecule has 136 valence electrons. The highest BCUT2D eigenvalue weighted by Crippen LogP contribution is 2.37. The van der Waals surface area contributed by atoms with E-state index in [0.29, 0.717) is 26.9 Å². The van der Waals surface area contributed by atoms with Crippen molar-refractivity contribution >= 4 is 51.6 Å². The molecule has 1 unspecified atom stereocenters. The Labute approximate surface area is 164 Å². The number of aromatic nitrogens is 3. The second-order valence-corrected chi connectivity index (χ2v) is 7.44. The highest BCUT2D eigenvalue weighted by Gasteiger charge is 2.15. The number of rotatable bonds is 5. The minimum absolute atomic E-state index is 0.0920. The van der Waals surface area contributed by atoms with Crippen LogP contribution in [-0.4, -0.2) is 27.7 Å². The van der Waals surface area contributed by atoms with Crippen LogP contribution in [0.25, 0.3) is 10.8 Å². The molecule has 2 aromatic heterocycles. The third-order valence-electron chi connectivity index (χ3n) is 3.85. The van der Waals surface area contributed by atoms with Gasteiger partial charge in [-0.05, 0) is 24.4 Å². The smallest absolute Gasteiger partial charge is 0.260 e. The molecule has 0 saturated carbocycles. The predicted molar refractivity (Wildman–Crippen MR) is 105 cm³/mol. The highest BCUT2D eigenvalue weighted by molar-refractivity contribution is 7.99. The van der Waals surface area contributed by atoms with Crippen molar-refractivity contribution in [3.63, 3.8) is 0 Å². The van der Waals surface area contributed by atoms with Crippen molar-refractivity contribution in [2.45, 2.75) is 29.5 Å². The van der Waals surface area contributed by atoms with Gasteiger partial charge in [0.05, 0.1) is 29.3 Å². The van der Waals surface area contributed by atoms with Gasteiger partial charge in [0.15, 0.2) is 5.82 Å². The van der Waals surface area contributed by atoms with Gasteiger partial charge in [-0.1, -0.05) is 41.0 Å². The van der Waals surface area contributed by atoms with Crippen molar-refractivity contribution in [2.75, 3.05) is 12.8 Å².